The average Bonchev–Trinajstić information content (AvgIpc) is 3.64. The summed E-state index contributed by atoms with van der Waals surface area (Å²) in [4.78, 5) is 20.2. The smallest absolute Gasteiger partial charge is 0.162 e. The van der Waals surface area contributed by atoms with Gasteiger partial charge in [0, 0.05) is 48.8 Å². The van der Waals surface area contributed by atoms with Gasteiger partial charge >= 0.3 is 0 Å². The molecule has 3 atom stereocenters. The number of hydrogen-bond donors (Lipinski definition) is 0. The molecule has 1 aromatic heterocycles. The number of anilines is 4. The van der Waals surface area contributed by atoms with Gasteiger partial charge in [0.25, 0.3) is 0 Å². The molecule has 6 nitrogen and oxygen atoms in total. The van der Waals surface area contributed by atoms with Crippen LogP contribution in [0.3, 0.4) is 0 Å². The molecule has 3 aromatic carbocycles. The van der Waals surface area contributed by atoms with Crippen LogP contribution in [0.2, 0.25) is 0 Å². The van der Waals surface area contributed by atoms with Crippen molar-refractivity contribution < 1.29 is 0 Å². The molecule has 2 unspecified atom stereocenters. The summed E-state index contributed by atoms with van der Waals surface area (Å²) in [6.07, 6.45) is 8.87. The van der Waals surface area contributed by atoms with Gasteiger partial charge in [-0.05, 0) is 48.6 Å². The number of aryl methyl sites for hydroxylation is 1. The first kappa shape index (κ1) is 24.5. The maximum Gasteiger partial charge on any atom is 0.162 e. The summed E-state index contributed by atoms with van der Waals surface area (Å²) in [7, 11) is 4.49. The molecule has 8 rings (SSSR count). The Morgan fingerprint density at radius 3 is 2.15 bits per heavy atom. The molecule has 4 aliphatic heterocycles. The fourth-order valence-electron chi connectivity index (χ4n) is 8.94. The fourth-order valence-corrected chi connectivity index (χ4v) is 8.94. The van der Waals surface area contributed by atoms with Crippen LogP contribution in [0, 0.1) is 12.3 Å². The second-order valence-electron chi connectivity index (χ2n) is 12.0. The Labute approximate surface area is 242 Å². The normalized spacial score (nSPS) is 24.4. The Kier molecular flexibility index (Phi) is 4.99. The molecule has 0 N–H and O–H groups in total. The van der Waals surface area contributed by atoms with Gasteiger partial charge < -0.3 is 19.6 Å². The number of aromatic nitrogens is 2. The third-order valence-electron chi connectivity index (χ3n) is 10.6. The van der Waals surface area contributed by atoms with Gasteiger partial charge in [0.2, 0.25) is 0 Å². The van der Waals surface area contributed by atoms with Crippen molar-refractivity contribution in [3.8, 4) is 11.4 Å². The van der Waals surface area contributed by atoms with E-state index in [0.717, 1.165) is 35.7 Å². The Balaban J connectivity index is 1.45. The van der Waals surface area contributed by atoms with E-state index in [2.05, 4.69) is 140 Å². The van der Waals surface area contributed by atoms with Gasteiger partial charge in [0.05, 0.1) is 11.6 Å². The quantitative estimate of drug-likeness (QED) is 0.278. The van der Waals surface area contributed by atoms with Crippen molar-refractivity contribution in [2.24, 2.45) is 5.41 Å². The van der Waals surface area contributed by atoms with Gasteiger partial charge in [-0.3, -0.25) is 0 Å². The van der Waals surface area contributed by atoms with Gasteiger partial charge in [-0.2, -0.15) is 0 Å². The van der Waals surface area contributed by atoms with E-state index in [1.54, 1.807) is 0 Å². The Bertz CT molecular complexity index is 1720. The molecule has 0 radical (unpaired) electrons. The number of benzene rings is 3. The molecule has 41 heavy (non-hydrogen) atoms. The molecule has 5 heterocycles. The average molecular weight is 541 g/mol. The lowest BCUT2D eigenvalue weighted by atomic mass is 9.50. The summed E-state index contributed by atoms with van der Waals surface area (Å²) in [5.74, 6) is 1.77. The van der Waals surface area contributed by atoms with E-state index >= 15 is 0 Å². The van der Waals surface area contributed by atoms with Gasteiger partial charge in [-0.1, -0.05) is 74.5 Å². The lowest BCUT2D eigenvalue weighted by Crippen LogP contribution is -2.69. The summed E-state index contributed by atoms with van der Waals surface area (Å²) in [6.45, 7) is 6.93. The lowest BCUT2D eigenvalue weighted by molar-refractivity contribution is 0.0240. The Morgan fingerprint density at radius 2 is 1.41 bits per heavy atom. The van der Waals surface area contributed by atoms with Crippen LogP contribution in [0.5, 0.6) is 0 Å². The molecule has 4 aromatic rings. The summed E-state index contributed by atoms with van der Waals surface area (Å²) in [5, 5.41) is 0. The molecule has 0 bridgehead atoms. The van der Waals surface area contributed by atoms with Crippen LogP contribution in [-0.4, -0.2) is 41.3 Å². The molecule has 0 saturated heterocycles. The Morgan fingerprint density at radius 1 is 0.756 bits per heavy atom. The van der Waals surface area contributed by atoms with E-state index in [4.69, 9.17) is 9.97 Å². The van der Waals surface area contributed by atoms with Crippen molar-refractivity contribution in [2.75, 3.05) is 28.8 Å². The second-order valence-corrected chi connectivity index (χ2v) is 12.0. The van der Waals surface area contributed by atoms with Crippen LogP contribution in [0.15, 0.2) is 91.4 Å². The van der Waals surface area contributed by atoms with Crippen molar-refractivity contribution >= 4 is 22.9 Å². The van der Waals surface area contributed by atoms with E-state index in [9.17, 15) is 0 Å². The summed E-state index contributed by atoms with van der Waals surface area (Å²) < 4.78 is 0. The van der Waals surface area contributed by atoms with E-state index in [0.29, 0.717) is 0 Å². The molecule has 206 valence electrons. The van der Waals surface area contributed by atoms with E-state index in [-0.39, 0.29) is 23.2 Å². The highest BCUT2D eigenvalue weighted by molar-refractivity contribution is 5.90. The van der Waals surface area contributed by atoms with Crippen molar-refractivity contribution in [2.45, 2.75) is 51.4 Å². The zero-order valence-corrected chi connectivity index (χ0v) is 24.4. The first-order valence-electron chi connectivity index (χ1n) is 14.8. The van der Waals surface area contributed by atoms with E-state index < -0.39 is 0 Å². The van der Waals surface area contributed by atoms with Crippen LogP contribution < -0.4 is 14.7 Å². The van der Waals surface area contributed by atoms with Gasteiger partial charge in [-0.25, -0.2) is 9.97 Å². The van der Waals surface area contributed by atoms with Crippen molar-refractivity contribution in [1.82, 2.24) is 14.9 Å². The summed E-state index contributed by atoms with van der Waals surface area (Å²) in [5.41, 5.74) is 8.27. The summed E-state index contributed by atoms with van der Waals surface area (Å²) in [6, 6.07) is 26.6. The first-order chi connectivity index (χ1) is 20.0. The maximum absolute atomic E-state index is 5.33. The minimum Gasteiger partial charge on any atom is -0.358 e. The molecule has 0 saturated carbocycles. The van der Waals surface area contributed by atoms with E-state index in [1.807, 2.05) is 6.20 Å². The van der Waals surface area contributed by atoms with Crippen molar-refractivity contribution in [3.05, 3.63) is 108 Å². The number of nitrogens with zero attached hydrogens (tertiary/aromatic N) is 6. The predicted octanol–water partition coefficient (Wildman–Crippen LogP) is 7.03. The zero-order chi connectivity index (χ0) is 28.1. The summed E-state index contributed by atoms with van der Waals surface area (Å²) >= 11 is 0. The highest BCUT2D eigenvalue weighted by Crippen LogP contribution is 2.70. The van der Waals surface area contributed by atoms with Crippen LogP contribution in [0.1, 0.15) is 43.4 Å². The SMILES string of the molecule is CCC1(CC)C2N(C)C=CN2c2ccccc2[C@@]12c1ccccc1N1c3nc(-c4ccccc4C)ncc3N(C)C12. The first-order valence-corrected chi connectivity index (χ1v) is 14.8. The van der Waals surface area contributed by atoms with Crippen LogP contribution >= 0.6 is 0 Å². The number of fused-ring (bicyclic) bond motifs is 11. The number of likely N-dealkylation sites (N-methyl/N-ethyl adjacent to an activating group) is 1. The van der Waals surface area contributed by atoms with E-state index in [1.165, 1.54) is 28.1 Å². The van der Waals surface area contributed by atoms with Crippen LogP contribution in [0.25, 0.3) is 11.4 Å². The van der Waals surface area contributed by atoms with Crippen molar-refractivity contribution in [3.63, 3.8) is 0 Å². The molecule has 0 aliphatic carbocycles. The third kappa shape index (κ3) is 2.73. The van der Waals surface area contributed by atoms with Crippen LogP contribution in [0.4, 0.5) is 22.9 Å². The molecule has 1 spiro atoms. The number of rotatable bonds is 3. The van der Waals surface area contributed by atoms with Crippen molar-refractivity contribution in [1.29, 1.82) is 0 Å². The monoisotopic (exact) mass is 540 g/mol. The van der Waals surface area contributed by atoms with Gasteiger partial charge in [-0.15, -0.1) is 0 Å². The molecule has 4 aliphatic rings. The number of para-hydroxylation sites is 2. The topological polar surface area (TPSA) is 38.7 Å². The highest BCUT2D eigenvalue weighted by Gasteiger charge is 2.72. The predicted molar refractivity (Wildman–Crippen MR) is 166 cm³/mol. The second kappa shape index (κ2) is 8.35. The molecular weight excluding hydrogens is 504 g/mol. The Hall–Kier alpha value is -4.32. The minimum absolute atomic E-state index is 0.0218. The molecular formula is C35H36N6. The minimum atomic E-state index is -0.316. The molecule has 0 amide bonds. The van der Waals surface area contributed by atoms with Gasteiger partial charge in [0.15, 0.2) is 11.6 Å². The zero-order valence-electron chi connectivity index (χ0n) is 24.4. The fraction of sp³-hybridized carbons (Fsp3) is 0.314. The lowest BCUT2D eigenvalue weighted by Gasteiger charge is -2.62. The number of hydrogen-bond acceptors (Lipinski definition) is 6. The molecule has 6 heteroatoms. The standard InChI is InChI=1S/C35H36N6/c1-6-34(7-2)32-38(4)20-21-40(32)27-18-12-10-16-25(27)35(34)26-17-11-13-19-28(26)41-31-29(39(5)33(35)41)22-36-30(37-31)24-15-9-8-14-23(24)3/h8-22,32-33H,6-7H2,1-5H3/t32?,33?,35-/m0/s1. The molecule has 0 fully saturated rings. The largest absolute Gasteiger partial charge is 0.358 e. The maximum atomic E-state index is 5.33. The van der Waals surface area contributed by atoms with Crippen LogP contribution in [-0.2, 0) is 5.41 Å². The van der Waals surface area contributed by atoms with Gasteiger partial charge in [0.1, 0.15) is 18.0 Å². The highest BCUT2D eigenvalue weighted by atomic mass is 15.5. The third-order valence-corrected chi connectivity index (χ3v) is 10.6.